The van der Waals surface area contributed by atoms with Gasteiger partial charge in [-0.1, -0.05) is 68.3 Å². The van der Waals surface area contributed by atoms with E-state index in [1.54, 1.807) is 12.1 Å². The van der Waals surface area contributed by atoms with Crippen LogP contribution in [0, 0.1) is 0 Å². The predicted octanol–water partition coefficient (Wildman–Crippen LogP) is 4.74. The van der Waals surface area contributed by atoms with E-state index in [1.807, 2.05) is 12.1 Å². The highest BCUT2D eigenvalue weighted by atomic mass is 16.4. The third-order valence-electron chi connectivity index (χ3n) is 3.87. The molecule has 3 nitrogen and oxygen atoms in total. The lowest BCUT2D eigenvalue weighted by molar-refractivity contribution is -0.135. The molecule has 2 aromatic carbocycles. The average Bonchev–Trinajstić information content (AvgIpc) is 2.55. The van der Waals surface area contributed by atoms with Gasteiger partial charge in [0.15, 0.2) is 5.78 Å². The Kier molecular flexibility index (Phi) is 6.10. The highest BCUT2D eigenvalue weighted by Crippen LogP contribution is 2.21. The van der Waals surface area contributed by atoms with Crippen molar-refractivity contribution in [3.05, 3.63) is 59.7 Å². The summed E-state index contributed by atoms with van der Waals surface area (Å²) < 4.78 is 0. The highest BCUT2D eigenvalue weighted by Gasteiger charge is 2.10. The molecule has 0 aliphatic carbocycles. The van der Waals surface area contributed by atoms with Gasteiger partial charge in [0.2, 0.25) is 0 Å². The number of carboxylic acids is 1. The van der Waals surface area contributed by atoms with E-state index in [0.717, 1.165) is 17.5 Å². The Morgan fingerprint density at radius 1 is 0.870 bits per heavy atom. The van der Waals surface area contributed by atoms with Crippen molar-refractivity contribution >= 4 is 11.8 Å². The Morgan fingerprint density at radius 2 is 1.43 bits per heavy atom. The first-order chi connectivity index (χ1) is 11.1. The summed E-state index contributed by atoms with van der Waals surface area (Å²) in [5, 5.41) is 8.66. The summed E-state index contributed by atoms with van der Waals surface area (Å²) in [6.07, 6.45) is 4.34. The zero-order valence-electron chi connectivity index (χ0n) is 13.4. The first kappa shape index (κ1) is 16.9. The van der Waals surface area contributed by atoms with Crippen molar-refractivity contribution in [3.8, 4) is 11.1 Å². The van der Waals surface area contributed by atoms with Crippen LogP contribution >= 0.6 is 0 Å². The molecule has 2 aromatic rings. The van der Waals surface area contributed by atoms with E-state index >= 15 is 0 Å². The second kappa shape index (κ2) is 8.28. The van der Waals surface area contributed by atoms with Crippen LogP contribution in [0.15, 0.2) is 48.5 Å². The van der Waals surface area contributed by atoms with E-state index in [2.05, 4.69) is 31.2 Å². The number of rotatable bonds is 8. The van der Waals surface area contributed by atoms with E-state index in [9.17, 15) is 9.59 Å². The molecule has 0 radical (unpaired) electrons. The van der Waals surface area contributed by atoms with Gasteiger partial charge in [0.25, 0.3) is 0 Å². The second-order valence-corrected chi connectivity index (χ2v) is 5.73. The van der Waals surface area contributed by atoms with Gasteiger partial charge in [-0.05, 0) is 29.5 Å². The number of carboxylic acid groups (broad SMARTS) is 1. The molecule has 0 atom stereocenters. The number of aryl methyl sites for hydroxylation is 1. The summed E-state index contributed by atoms with van der Waals surface area (Å²) in [5.41, 5.74) is 3.90. The van der Waals surface area contributed by atoms with E-state index in [1.165, 1.54) is 24.8 Å². The molecule has 23 heavy (non-hydrogen) atoms. The van der Waals surface area contributed by atoms with E-state index in [4.69, 9.17) is 5.11 Å². The molecule has 0 spiro atoms. The minimum Gasteiger partial charge on any atom is -0.481 e. The fourth-order valence-electron chi connectivity index (χ4n) is 2.53. The molecule has 2 rings (SSSR count). The van der Waals surface area contributed by atoms with Gasteiger partial charge in [0, 0.05) is 5.56 Å². The van der Waals surface area contributed by atoms with Crippen LogP contribution in [0.1, 0.15) is 48.5 Å². The molecule has 0 bridgehead atoms. The normalized spacial score (nSPS) is 10.5. The van der Waals surface area contributed by atoms with Crippen molar-refractivity contribution in [3.63, 3.8) is 0 Å². The van der Waals surface area contributed by atoms with E-state index in [0.29, 0.717) is 5.56 Å². The van der Waals surface area contributed by atoms with Gasteiger partial charge in [-0.25, -0.2) is 0 Å². The van der Waals surface area contributed by atoms with Crippen molar-refractivity contribution in [1.82, 2.24) is 0 Å². The predicted molar refractivity (Wildman–Crippen MR) is 91.7 cm³/mol. The number of benzene rings is 2. The van der Waals surface area contributed by atoms with Crippen molar-refractivity contribution in [2.24, 2.45) is 0 Å². The van der Waals surface area contributed by atoms with Gasteiger partial charge in [-0.15, -0.1) is 0 Å². The lowest BCUT2D eigenvalue weighted by Gasteiger charge is -2.06. The number of unbranched alkanes of at least 4 members (excludes halogenated alkanes) is 2. The number of Topliss-reactive ketones (excluding diaryl/α,β-unsaturated/α-hetero) is 1. The maximum absolute atomic E-state index is 11.7. The Hall–Kier alpha value is -2.42. The van der Waals surface area contributed by atoms with Crippen LogP contribution in [-0.4, -0.2) is 16.9 Å². The third kappa shape index (κ3) is 5.06. The first-order valence-corrected chi connectivity index (χ1v) is 8.04. The largest absolute Gasteiger partial charge is 0.481 e. The summed E-state index contributed by atoms with van der Waals surface area (Å²) in [7, 11) is 0. The number of hydrogen-bond acceptors (Lipinski definition) is 2. The number of carbonyl (C=O) groups excluding carboxylic acids is 1. The molecule has 0 fully saturated rings. The second-order valence-electron chi connectivity index (χ2n) is 5.73. The van der Waals surface area contributed by atoms with Gasteiger partial charge in [-0.2, -0.15) is 0 Å². The smallest absolute Gasteiger partial charge is 0.311 e. The summed E-state index contributed by atoms with van der Waals surface area (Å²) in [4.78, 5) is 22.3. The molecule has 0 aliphatic heterocycles. The molecular weight excluding hydrogens is 288 g/mol. The molecular formula is C20H22O3. The fourth-order valence-corrected chi connectivity index (χ4v) is 2.53. The molecule has 3 heteroatoms. The summed E-state index contributed by atoms with van der Waals surface area (Å²) >= 11 is 0. The van der Waals surface area contributed by atoms with Gasteiger partial charge in [0.05, 0.1) is 0 Å². The molecule has 0 unspecified atom stereocenters. The van der Waals surface area contributed by atoms with Crippen LogP contribution in [0.25, 0.3) is 11.1 Å². The average molecular weight is 310 g/mol. The van der Waals surface area contributed by atoms with Crippen molar-refractivity contribution in [1.29, 1.82) is 0 Å². The van der Waals surface area contributed by atoms with Crippen LogP contribution in [-0.2, 0) is 11.2 Å². The molecule has 0 aromatic heterocycles. The fraction of sp³-hybridized carbons (Fsp3) is 0.300. The molecule has 120 valence electrons. The maximum Gasteiger partial charge on any atom is 0.311 e. The van der Waals surface area contributed by atoms with Crippen LogP contribution in [0.2, 0.25) is 0 Å². The van der Waals surface area contributed by atoms with Crippen LogP contribution < -0.4 is 0 Å². The summed E-state index contributed by atoms with van der Waals surface area (Å²) in [6.45, 7) is 2.20. The number of hydrogen-bond donors (Lipinski definition) is 1. The third-order valence-corrected chi connectivity index (χ3v) is 3.87. The van der Waals surface area contributed by atoms with Gasteiger partial charge < -0.3 is 5.11 Å². The Morgan fingerprint density at radius 3 is 1.96 bits per heavy atom. The molecule has 0 heterocycles. The van der Waals surface area contributed by atoms with E-state index < -0.39 is 12.4 Å². The van der Waals surface area contributed by atoms with Crippen LogP contribution in [0.5, 0.6) is 0 Å². The van der Waals surface area contributed by atoms with Crippen LogP contribution in [0.3, 0.4) is 0 Å². The molecule has 0 amide bonds. The van der Waals surface area contributed by atoms with Crippen molar-refractivity contribution in [2.75, 3.05) is 0 Å². The lowest BCUT2D eigenvalue weighted by Crippen LogP contribution is -2.06. The standard InChI is InChI=1S/C20H22O3/c1-2-3-4-5-15-6-8-16(9-7-15)17-10-12-18(13-11-17)19(21)14-20(22)23/h6-13H,2-5,14H2,1H3,(H,22,23). The quantitative estimate of drug-likeness (QED) is 0.435. The maximum atomic E-state index is 11.7. The summed E-state index contributed by atoms with van der Waals surface area (Å²) in [5.74, 6) is -1.46. The lowest BCUT2D eigenvalue weighted by atomic mass is 9.99. The monoisotopic (exact) mass is 310 g/mol. The van der Waals surface area contributed by atoms with Crippen LogP contribution in [0.4, 0.5) is 0 Å². The van der Waals surface area contributed by atoms with Crippen molar-refractivity contribution in [2.45, 2.75) is 39.0 Å². The van der Waals surface area contributed by atoms with Crippen molar-refractivity contribution < 1.29 is 14.7 Å². The number of carbonyl (C=O) groups is 2. The zero-order valence-corrected chi connectivity index (χ0v) is 13.4. The van der Waals surface area contributed by atoms with Gasteiger partial charge in [-0.3, -0.25) is 9.59 Å². The molecule has 0 aliphatic rings. The summed E-state index contributed by atoms with van der Waals surface area (Å²) in [6, 6.07) is 15.6. The number of ketones is 1. The Balaban J connectivity index is 2.04. The Labute approximate surface area is 137 Å². The Bertz CT molecular complexity index is 654. The molecule has 1 N–H and O–H groups in total. The van der Waals surface area contributed by atoms with E-state index in [-0.39, 0.29) is 5.78 Å². The topological polar surface area (TPSA) is 54.4 Å². The highest BCUT2D eigenvalue weighted by molar-refractivity contribution is 6.05. The zero-order chi connectivity index (χ0) is 16.7. The number of aliphatic carboxylic acids is 1. The SMILES string of the molecule is CCCCCc1ccc(-c2ccc(C(=O)CC(=O)O)cc2)cc1. The minimum atomic E-state index is -1.10. The van der Waals surface area contributed by atoms with Gasteiger partial charge in [0.1, 0.15) is 6.42 Å². The first-order valence-electron chi connectivity index (χ1n) is 8.04. The minimum absolute atomic E-state index is 0.365. The molecule has 0 saturated heterocycles. The van der Waals surface area contributed by atoms with Gasteiger partial charge >= 0.3 is 5.97 Å². The molecule has 0 saturated carbocycles.